The van der Waals surface area contributed by atoms with Gasteiger partial charge in [0.15, 0.2) is 0 Å². The number of rotatable bonds is 7. The van der Waals surface area contributed by atoms with Crippen molar-refractivity contribution in [3.63, 3.8) is 0 Å². The predicted octanol–water partition coefficient (Wildman–Crippen LogP) is 5.04. The van der Waals surface area contributed by atoms with Crippen molar-refractivity contribution in [1.29, 1.82) is 0 Å². The zero-order chi connectivity index (χ0) is 23.2. The Hall–Kier alpha value is -2.57. The molecule has 2 aromatic carbocycles. The number of hydrogen-bond acceptors (Lipinski definition) is 6. The highest BCUT2D eigenvalue weighted by Crippen LogP contribution is 2.38. The van der Waals surface area contributed by atoms with Crippen molar-refractivity contribution in [2.24, 2.45) is 11.8 Å². The first kappa shape index (κ1) is 26.0. The molecule has 184 valence electrons. The van der Waals surface area contributed by atoms with Gasteiger partial charge in [-0.1, -0.05) is 36.4 Å². The van der Waals surface area contributed by atoms with Gasteiger partial charge in [0.1, 0.15) is 17.4 Å². The molecule has 2 fully saturated rings. The highest BCUT2D eigenvalue weighted by Gasteiger charge is 2.39. The molecule has 7 heteroatoms. The van der Waals surface area contributed by atoms with Crippen LogP contribution >= 0.6 is 12.4 Å². The Morgan fingerprint density at radius 3 is 2.41 bits per heavy atom. The fourth-order valence-electron chi connectivity index (χ4n) is 5.04. The van der Waals surface area contributed by atoms with Gasteiger partial charge in [-0.05, 0) is 81.2 Å². The standard InChI is InChI=1S/C27H33NO5.ClH/c1-3-31-26(29)23-13-11-19(18-8-6-5-7-9-18)16-25(23)33-22-12-10-20-17-28-24(15-21(20)14-22)27(30)32-4-2;/h5-9,11,13,16,20-22,24,28H,3-4,10,12,14-15,17H2,1-2H3;1H/t20-,21+,22-,24-;/m0./s1. The van der Waals surface area contributed by atoms with Gasteiger partial charge in [-0.3, -0.25) is 4.79 Å². The lowest BCUT2D eigenvalue weighted by Gasteiger charge is -2.41. The largest absolute Gasteiger partial charge is 0.489 e. The molecule has 0 amide bonds. The normalized spacial score (nSPS) is 23.7. The van der Waals surface area contributed by atoms with Crippen molar-refractivity contribution in [2.75, 3.05) is 19.8 Å². The molecule has 1 aliphatic carbocycles. The van der Waals surface area contributed by atoms with Crippen LogP contribution in [-0.2, 0) is 14.3 Å². The second-order valence-corrected chi connectivity index (χ2v) is 8.82. The number of piperidine rings is 1. The summed E-state index contributed by atoms with van der Waals surface area (Å²) >= 11 is 0. The van der Waals surface area contributed by atoms with Gasteiger partial charge < -0.3 is 19.5 Å². The van der Waals surface area contributed by atoms with Crippen LogP contribution in [0.2, 0.25) is 0 Å². The number of nitrogens with one attached hydrogen (secondary N) is 1. The molecule has 4 rings (SSSR count). The van der Waals surface area contributed by atoms with E-state index in [1.807, 2.05) is 49.4 Å². The van der Waals surface area contributed by atoms with Crippen LogP contribution in [0.1, 0.15) is 49.9 Å². The number of carbonyl (C=O) groups excluding carboxylic acids is 2. The molecule has 6 nitrogen and oxygen atoms in total. The van der Waals surface area contributed by atoms with Crippen LogP contribution in [0.3, 0.4) is 0 Å². The summed E-state index contributed by atoms with van der Waals surface area (Å²) in [7, 11) is 0. The van der Waals surface area contributed by atoms with Crippen LogP contribution in [0.4, 0.5) is 0 Å². The van der Waals surface area contributed by atoms with E-state index >= 15 is 0 Å². The van der Waals surface area contributed by atoms with Crippen LogP contribution in [0.15, 0.2) is 48.5 Å². The molecule has 0 aromatic heterocycles. The van der Waals surface area contributed by atoms with Crippen molar-refractivity contribution < 1.29 is 23.8 Å². The first-order valence-corrected chi connectivity index (χ1v) is 12.0. The van der Waals surface area contributed by atoms with E-state index < -0.39 is 0 Å². The Labute approximate surface area is 207 Å². The van der Waals surface area contributed by atoms with Crippen LogP contribution < -0.4 is 10.1 Å². The van der Waals surface area contributed by atoms with Crippen molar-refractivity contribution in [1.82, 2.24) is 5.32 Å². The number of halogens is 1. The van der Waals surface area contributed by atoms with Crippen LogP contribution in [0.25, 0.3) is 11.1 Å². The number of ether oxygens (including phenoxy) is 3. The molecule has 1 N–H and O–H groups in total. The van der Waals surface area contributed by atoms with Gasteiger partial charge in [0.2, 0.25) is 0 Å². The van der Waals surface area contributed by atoms with E-state index in [4.69, 9.17) is 14.2 Å². The molecule has 2 aliphatic rings. The SMILES string of the molecule is CCOC(=O)c1ccc(-c2ccccc2)cc1O[C@H]1CC[C@H]2CN[C@H](C(=O)OCC)C[C@H]2C1.Cl. The summed E-state index contributed by atoms with van der Waals surface area (Å²) in [5.74, 6) is 0.955. The molecule has 1 saturated carbocycles. The number of carbonyl (C=O) groups is 2. The van der Waals surface area contributed by atoms with Gasteiger partial charge in [0.05, 0.1) is 19.3 Å². The monoisotopic (exact) mass is 487 g/mol. The zero-order valence-electron chi connectivity index (χ0n) is 19.8. The van der Waals surface area contributed by atoms with Gasteiger partial charge in [-0.25, -0.2) is 4.79 Å². The Kier molecular flexibility index (Phi) is 9.36. The summed E-state index contributed by atoms with van der Waals surface area (Å²) in [5.41, 5.74) is 2.52. The molecule has 1 saturated heterocycles. The molecule has 0 spiro atoms. The van der Waals surface area contributed by atoms with E-state index in [1.165, 1.54) is 0 Å². The number of hydrogen-bond donors (Lipinski definition) is 1. The fourth-order valence-corrected chi connectivity index (χ4v) is 5.04. The molecule has 0 unspecified atom stereocenters. The second kappa shape index (κ2) is 12.2. The highest BCUT2D eigenvalue weighted by atomic mass is 35.5. The predicted molar refractivity (Wildman–Crippen MR) is 133 cm³/mol. The van der Waals surface area contributed by atoms with Crippen molar-refractivity contribution >= 4 is 24.3 Å². The third-order valence-corrected chi connectivity index (χ3v) is 6.71. The Morgan fingerprint density at radius 1 is 0.912 bits per heavy atom. The Balaban J connectivity index is 0.00000324. The van der Waals surface area contributed by atoms with Crippen molar-refractivity contribution in [2.45, 2.75) is 51.7 Å². The van der Waals surface area contributed by atoms with Gasteiger partial charge in [-0.2, -0.15) is 0 Å². The zero-order valence-corrected chi connectivity index (χ0v) is 20.6. The van der Waals surface area contributed by atoms with E-state index in [0.29, 0.717) is 36.4 Å². The van der Waals surface area contributed by atoms with E-state index in [-0.39, 0.29) is 36.5 Å². The molecule has 0 bridgehead atoms. The summed E-state index contributed by atoms with van der Waals surface area (Å²) in [6, 6.07) is 15.5. The number of esters is 2. The first-order chi connectivity index (χ1) is 16.1. The molecule has 0 radical (unpaired) electrons. The molecule has 1 aliphatic heterocycles. The average molecular weight is 488 g/mol. The van der Waals surface area contributed by atoms with E-state index in [1.54, 1.807) is 13.0 Å². The lowest BCUT2D eigenvalue weighted by Crippen LogP contribution is -2.51. The van der Waals surface area contributed by atoms with Crippen LogP contribution in [0.5, 0.6) is 5.75 Å². The van der Waals surface area contributed by atoms with Gasteiger partial charge >= 0.3 is 11.9 Å². The fraction of sp³-hybridized carbons (Fsp3) is 0.481. The number of benzene rings is 2. The maximum atomic E-state index is 12.6. The minimum absolute atomic E-state index is 0. The van der Waals surface area contributed by atoms with E-state index in [9.17, 15) is 9.59 Å². The van der Waals surface area contributed by atoms with Crippen molar-refractivity contribution in [3.05, 3.63) is 54.1 Å². The van der Waals surface area contributed by atoms with Crippen LogP contribution in [0, 0.1) is 11.8 Å². The maximum Gasteiger partial charge on any atom is 0.341 e. The van der Waals surface area contributed by atoms with E-state index in [2.05, 4.69) is 5.32 Å². The van der Waals surface area contributed by atoms with Gasteiger partial charge in [-0.15, -0.1) is 12.4 Å². The second-order valence-electron chi connectivity index (χ2n) is 8.82. The van der Waals surface area contributed by atoms with E-state index in [0.717, 1.165) is 43.4 Å². The van der Waals surface area contributed by atoms with Gasteiger partial charge in [0, 0.05) is 0 Å². The minimum Gasteiger partial charge on any atom is -0.489 e. The summed E-state index contributed by atoms with van der Waals surface area (Å²) in [5, 5.41) is 3.35. The topological polar surface area (TPSA) is 73.9 Å². The highest BCUT2D eigenvalue weighted by molar-refractivity contribution is 5.93. The quantitative estimate of drug-likeness (QED) is 0.551. The molecule has 2 aromatic rings. The van der Waals surface area contributed by atoms with Crippen LogP contribution in [-0.4, -0.2) is 43.8 Å². The first-order valence-electron chi connectivity index (χ1n) is 12.0. The lowest BCUT2D eigenvalue weighted by atomic mass is 9.72. The molecule has 1 heterocycles. The lowest BCUT2D eigenvalue weighted by molar-refractivity contribution is -0.147. The average Bonchev–Trinajstić information content (AvgIpc) is 2.84. The molecule has 4 atom stereocenters. The molecular weight excluding hydrogens is 454 g/mol. The van der Waals surface area contributed by atoms with Gasteiger partial charge in [0.25, 0.3) is 0 Å². The summed E-state index contributed by atoms with van der Waals surface area (Å²) in [6.07, 6.45) is 3.57. The Morgan fingerprint density at radius 2 is 1.68 bits per heavy atom. The third-order valence-electron chi connectivity index (χ3n) is 6.71. The smallest absolute Gasteiger partial charge is 0.341 e. The maximum absolute atomic E-state index is 12.6. The molecular formula is C27H34ClNO5. The minimum atomic E-state index is -0.370. The Bertz CT molecular complexity index is 967. The van der Waals surface area contributed by atoms with Crippen molar-refractivity contribution in [3.8, 4) is 16.9 Å². The number of fused-ring (bicyclic) bond motifs is 1. The summed E-state index contributed by atoms with van der Waals surface area (Å²) < 4.78 is 17.0. The third kappa shape index (κ3) is 6.10. The molecule has 34 heavy (non-hydrogen) atoms. The summed E-state index contributed by atoms with van der Waals surface area (Å²) in [4.78, 5) is 24.8. The summed E-state index contributed by atoms with van der Waals surface area (Å²) in [6.45, 7) is 5.17.